The third kappa shape index (κ3) is 3.32. The van der Waals surface area contributed by atoms with Gasteiger partial charge >= 0.3 is 12.1 Å². The Morgan fingerprint density at radius 3 is 2.59 bits per heavy atom. The van der Waals surface area contributed by atoms with Gasteiger partial charge in [0.1, 0.15) is 12.2 Å². The molecule has 0 atom stereocenters. The molecule has 22 heavy (non-hydrogen) atoms. The van der Waals surface area contributed by atoms with E-state index in [1.807, 2.05) is 0 Å². The van der Waals surface area contributed by atoms with Gasteiger partial charge in [-0.2, -0.15) is 13.2 Å². The maximum Gasteiger partial charge on any atom is 0.412 e. The fourth-order valence-corrected chi connectivity index (χ4v) is 2.32. The lowest BCUT2D eigenvalue weighted by Crippen LogP contribution is -2.37. The normalized spacial score (nSPS) is 15.6. The van der Waals surface area contributed by atoms with Crippen LogP contribution in [0.1, 0.15) is 28.1 Å². The molecule has 1 aliphatic heterocycles. The van der Waals surface area contributed by atoms with Gasteiger partial charge in [-0.1, -0.05) is 6.08 Å². The van der Waals surface area contributed by atoms with E-state index >= 15 is 0 Å². The first-order chi connectivity index (χ1) is 10.2. The van der Waals surface area contributed by atoms with Crippen molar-refractivity contribution in [1.29, 1.82) is 0 Å². The van der Waals surface area contributed by atoms with E-state index in [9.17, 15) is 22.8 Å². The summed E-state index contributed by atoms with van der Waals surface area (Å²) in [7, 11) is 0. The Kier molecular flexibility index (Phi) is 4.30. The third-order valence-corrected chi connectivity index (χ3v) is 3.44. The van der Waals surface area contributed by atoms with E-state index in [1.165, 1.54) is 11.2 Å². The van der Waals surface area contributed by atoms with E-state index in [-0.39, 0.29) is 30.8 Å². The average molecular weight is 317 g/mol. The van der Waals surface area contributed by atoms with Crippen molar-refractivity contribution in [2.24, 2.45) is 0 Å². The number of aryl methyl sites for hydroxylation is 1. The smallest absolute Gasteiger partial charge is 0.412 e. The molecule has 1 aliphatic rings. The number of hydrogen-bond donors (Lipinski definition) is 1. The van der Waals surface area contributed by atoms with Crippen LogP contribution >= 0.6 is 0 Å². The monoisotopic (exact) mass is 317 g/mol. The zero-order chi connectivity index (χ0) is 16.5. The van der Waals surface area contributed by atoms with Crippen molar-refractivity contribution < 1.29 is 32.3 Å². The zero-order valence-electron chi connectivity index (χ0n) is 11.7. The molecular weight excluding hydrogens is 303 g/mol. The molecule has 2 heterocycles. The molecule has 0 saturated heterocycles. The lowest BCUT2D eigenvalue weighted by molar-refractivity contribution is -0.136. The lowest BCUT2D eigenvalue weighted by Gasteiger charge is -2.27. The second-order valence-corrected chi connectivity index (χ2v) is 5.02. The Labute approximate surface area is 124 Å². The number of carboxylic acids is 1. The van der Waals surface area contributed by atoms with Crippen LogP contribution in [-0.4, -0.2) is 41.1 Å². The van der Waals surface area contributed by atoms with Gasteiger partial charge in [-0.15, -0.1) is 0 Å². The van der Waals surface area contributed by atoms with Gasteiger partial charge < -0.3 is 14.4 Å². The van der Waals surface area contributed by atoms with Gasteiger partial charge in [0, 0.05) is 24.2 Å². The molecule has 0 radical (unpaired) electrons. The van der Waals surface area contributed by atoms with Gasteiger partial charge in [-0.05, 0) is 13.3 Å². The highest BCUT2D eigenvalue weighted by Gasteiger charge is 2.36. The minimum Gasteiger partial charge on any atom is -0.481 e. The van der Waals surface area contributed by atoms with Crippen LogP contribution < -0.4 is 0 Å². The van der Waals surface area contributed by atoms with Crippen molar-refractivity contribution in [3.63, 3.8) is 0 Å². The van der Waals surface area contributed by atoms with Crippen LogP contribution in [-0.2, 0) is 11.2 Å². The fraction of sp³-hybridized carbons (Fsp3) is 0.429. The summed E-state index contributed by atoms with van der Waals surface area (Å²) in [5, 5.41) is 8.80. The summed E-state index contributed by atoms with van der Waals surface area (Å²) in [5.41, 5.74) is -0.0654. The van der Waals surface area contributed by atoms with E-state index < -0.39 is 30.0 Å². The largest absolute Gasteiger partial charge is 0.481 e. The quantitative estimate of drug-likeness (QED) is 0.870. The Bertz CT molecular complexity index is 631. The summed E-state index contributed by atoms with van der Waals surface area (Å²) in [6, 6.07) is 0. The fourth-order valence-electron chi connectivity index (χ4n) is 2.32. The molecule has 1 aromatic rings. The SMILES string of the molecule is Cc1coc(CC(=O)O)c1C(=O)N1CC=C(C(F)(F)F)CC1. The Morgan fingerprint density at radius 2 is 2.09 bits per heavy atom. The maximum absolute atomic E-state index is 12.6. The number of carboxylic acid groups (broad SMARTS) is 1. The number of alkyl halides is 3. The molecule has 120 valence electrons. The van der Waals surface area contributed by atoms with Gasteiger partial charge in [0.2, 0.25) is 0 Å². The van der Waals surface area contributed by atoms with Crippen molar-refractivity contribution in [3.8, 4) is 0 Å². The number of nitrogens with zero attached hydrogens (tertiary/aromatic N) is 1. The van der Waals surface area contributed by atoms with E-state index in [0.717, 1.165) is 6.08 Å². The maximum atomic E-state index is 12.6. The summed E-state index contributed by atoms with van der Waals surface area (Å²) in [5.74, 6) is -1.65. The Balaban J connectivity index is 2.19. The molecule has 1 aromatic heterocycles. The Morgan fingerprint density at radius 1 is 1.41 bits per heavy atom. The highest BCUT2D eigenvalue weighted by Crippen LogP contribution is 2.31. The third-order valence-electron chi connectivity index (χ3n) is 3.44. The van der Waals surface area contributed by atoms with Crippen molar-refractivity contribution in [1.82, 2.24) is 4.90 Å². The highest BCUT2D eigenvalue weighted by atomic mass is 19.4. The van der Waals surface area contributed by atoms with Gasteiger partial charge in [0.05, 0.1) is 11.8 Å². The summed E-state index contributed by atoms with van der Waals surface area (Å²) in [6.07, 6.45) is -2.86. The summed E-state index contributed by atoms with van der Waals surface area (Å²) in [4.78, 5) is 24.4. The molecule has 2 rings (SSSR count). The number of carbonyl (C=O) groups is 2. The van der Waals surface area contributed by atoms with Gasteiger partial charge in [-0.25, -0.2) is 0 Å². The number of rotatable bonds is 3. The first kappa shape index (κ1) is 16.1. The molecule has 0 unspecified atom stereocenters. The molecule has 1 amide bonds. The summed E-state index contributed by atoms with van der Waals surface area (Å²) >= 11 is 0. The van der Waals surface area contributed by atoms with Crippen LogP contribution in [0.5, 0.6) is 0 Å². The number of furan rings is 1. The van der Waals surface area contributed by atoms with Crippen LogP contribution in [0.3, 0.4) is 0 Å². The topological polar surface area (TPSA) is 70.7 Å². The first-order valence-electron chi connectivity index (χ1n) is 6.54. The molecule has 0 aromatic carbocycles. The second-order valence-electron chi connectivity index (χ2n) is 5.02. The number of aliphatic carboxylic acids is 1. The number of halogens is 3. The molecule has 0 bridgehead atoms. The number of amides is 1. The molecule has 0 aliphatic carbocycles. The summed E-state index contributed by atoms with van der Waals surface area (Å²) < 4.78 is 42.8. The molecule has 5 nitrogen and oxygen atoms in total. The summed E-state index contributed by atoms with van der Waals surface area (Å²) in [6.45, 7) is 1.36. The zero-order valence-corrected chi connectivity index (χ0v) is 11.7. The van der Waals surface area contributed by atoms with Crippen molar-refractivity contribution >= 4 is 11.9 Å². The van der Waals surface area contributed by atoms with Crippen LogP contribution in [0.4, 0.5) is 13.2 Å². The van der Waals surface area contributed by atoms with E-state index in [4.69, 9.17) is 9.52 Å². The van der Waals surface area contributed by atoms with Crippen molar-refractivity contribution in [2.75, 3.05) is 13.1 Å². The van der Waals surface area contributed by atoms with Gasteiger partial charge in [0.25, 0.3) is 5.91 Å². The van der Waals surface area contributed by atoms with E-state index in [0.29, 0.717) is 5.56 Å². The molecule has 0 spiro atoms. The van der Waals surface area contributed by atoms with Crippen LogP contribution in [0.2, 0.25) is 0 Å². The first-order valence-corrected chi connectivity index (χ1v) is 6.54. The molecular formula is C14H14F3NO4. The van der Waals surface area contributed by atoms with Crippen molar-refractivity contribution in [2.45, 2.75) is 25.9 Å². The van der Waals surface area contributed by atoms with Crippen LogP contribution in [0, 0.1) is 6.92 Å². The molecule has 0 saturated carbocycles. The molecule has 1 N–H and O–H groups in total. The van der Waals surface area contributed by atoms with Gasteiger partial charge in [-0.3, -0.25) is 9.59 Å². The van der Waals surface area contributed by atoms with Crippen molar-refractivity contribution in [3.05, 3.63) is 34.8 Å². The minimum atomic E-state index is -4.38. The van der Waals surface area contributed by atoms with E-state index in [2.05, 4.69) is 0 Å². The van der Waals surface area contributed by atoms with Crippen LogP contribution in [0.15, 0.2) is 22.3 Å². The predicted octanol–water partition coefficient (Wildman–Crippen LogP) is 2.55. The highest BCUT2D eigenvalue weighted by molar-refractivity contribution is 5.97. The van der Waals surface area contributed by atoms with Gasteiger partial charge in [0.15, 0.2) is 0 Å². The van der Waals surface area contributed by atoms with E-state index in [1.54, 1.807) is 6.92 Å². The predicted molar refractivity (Wildman–Crippen MR) is 69.4 cm³/mol. The minimum absolute atomic E-state index is 0.0144. The molecule has 0 fully saturated rings. The molecule has 8 heteroatoms. The average Bonchev–Trinajstić information content (AvgIpc) is 2.77. The standard InChI is InChI=1S/C14H14F3NO4/c1-8-7-22-10(6-11(19)20)12(8)13(21)18-4-2-9(3-5-18)14(15,16)17/h2,7H,3-6H2,1H3,(H,19,20). The lowest BCUT2D eigenvalue weighted by atomic mass is 10.0. The number of carbonyl (C=O) groups excluding carboxylic acids is 1. The van der Waals surface area contributed by atoms with Crippen LogP contribution in [0.25, 0.3) is 0 Å². The second kappa shape index (κ2) is 5.86. The Hall–Kier alpha value is -2.25. The number of hydrogen-bond acceptors (Lipinski definition) is 3.